The summed E-state index contributed by atoms with van der Waals surface area (Å²) in [7, 11) is 0. The van der Waals surface area contributed by atoms with E-state index in [9.17, 15) is 0 Å². The molecule has 1 rings (SSSR count). The fraction of sp³-hybridized carbons (Fsp3) is 0.857. The van der Waals surface area contributed by atoms with Crippen molar-refractivity contribution in [3.05, 3.63) is 0 Å². The summed E-state index contributed by atoms with van der Waals surface area (Å²) in [5, 5.41) is 11.6. The minimum absolute atomic E-state index is 0.243. The monoisotopic (exact) mass is 140 g/mol. The Morgan fingerprint density at radius 2 is 2.60 bits per heavy atom. The number of nitriles is 1. The Bertz CT molecular complexity index is 144. The average molecular weight is 140 g/mol. The van der Waals surface area contributed by atoms with Crippen molar-refractivity contribution in [3.8, 4) is 6.07 Å². The van der Waals surface area contributed by atoms with Crippen molar-refractivity contribution in [2.75, 3.05) is 19.7 Å². The highest BCUT2D eigenvalue weighted by Gasteiger charge is 2.26. The van der Waals surface area contributed by atoms with Crippen molar-refractivity contribution in [1.82, 2.24) is 5.32 Å². The van der Waals surface area contributed by atoms with Crippen LogP contribution in [-0.2, 0) is 4.74 Å². The summed E-state index contributed by atoms with van der Waals surface area (Å²) >= 11 is 0. The van der Waals surface area contributed by atoms with Crippen molar-refractivity contribution in [2.45, 2.75) is 18.9 Å². The summed E-state index contributed by atoms with van der Waals surface area (Å²) in [4.78, 5) is 0. The summed E-state index contributed by atoms with van der Waals surface area (Å²) in [5.41, 5.74) is -0.243. The first kappa shape index (κ1) is 7.52. The van der Waals surface area contributed by atoms with Crippen LogP contribution in [0.3, 0.4) is 0 Å². The van der Waals surface area contributed by atoms with Gasteiger partial charge in [-0.05, 0) is 6.92 Å². The third kappa shape index (κ3) is 1.69. The molecule has 1 aliphatic heterocycles. The maximum absolute atomic E-state index is 8.43. The molecular weight excluding hydrogens is 128 g/mol. The first-order valence-electron chi connectivity index (χ1n) is 3.48. The summed E-state index contributed by atoms with van der Waals surface area (Å²) in [5.74, 6) is 0. The molecule has 3 heteroatoms. The fourth-order valence-electron chi connectivity index (χ4n) is 1.05. The van der Waals surface area contributed by atoms with E-state index in [1.807, 2.05) is 6.92 Å². The van der Waals surface area contributed by atoms with E-state index >= 15 is 0 Å². The van der Waals surface area contributed by atoms with Crippen molar-refractivity contribution in [2.24, 2.45) is 0 Å². The van der Waals surface area contributed by atoms with Crippen LogP contribution in [0.4, 0.5) is 0 Å². The maximum atomic E-state index is 8.43. The van der Waals surface area contributed by atoms with E-state index in [0.717, 1.165) is 19.7 Å². The zero-order valence-corrected chi connectivity index (χ0v) is 6.18. The van der Waals surface area contributed by atoms with E-state index in [0.29, 0.717) is 6.42 Å². The molecule has 0 radical (unpaired) electrons. The van der Waals surface area contributed by atoms with Gasteiger partial charge in [0.15, 0.2) is 0 Å². The van der Waals surface area contributed by atoms with Gasteiger partial charge in [0.2, 0.25) is 0 Å². The van der Waals surface area contributed by atoms with Crippen LogP contribution in [0, 0.1) is 11.3 Å². The molecule has 0 aromatic heterocycles. The molecule has 10 heavy (non-hydrogen) atoms. The van der Waals surface area contributed by atoms with Gasteiger partial charge in [0.05, 0.1) is 24.7 Å². The van der Waals surface area contributed by atoms with Crippen molar-refractivity contribution < 1.29 is 4.74 Å². The van der Waals surface area contributed by atoms with E-state index in [-0.39, 0.29) is 5.60 Å². The minimum Gasteiger partial charge on any atom is -0.372 e. The molecule has 0 aromatic rings. The van der Waals surface area contributed by atoms with Gasteiger partial charge in [0.1, 0.15) is 0 Å². The smallest absolute Gasteiger partial charge is 0.0908 e. The van der Waals surface area contributed by atoms with Crippen LogP contribution in [0.25, 0.3) is 0 Å². The van der Waals surface area contributed by atoms with Gasteiger partial charge in [0.25, 0.3) is 0 Å². The Morgan fingerprint density at radius 3 is 3.10 bits per heavy atom. The predicted octanol–water partition coefficient (Wildman–Crippen LogP) is 0.279. The molecule has 0 amide bonds. The van der Waals surface area contributed by atoms with Gasteiger partial charge < -0.3 is 10.1 Å². The summed E-state index contributed by atoms with van der Waals surface area (Å²) < 4.78 is 5.42. The van der Waals surface area contributed by atoms with Crippen LogP contribution in [-0.4, -0.2) is 25.3 Å². The summed E-state index contributed by atoms with van der Waals surface area (Å²) in [6, 6.07) is 2.11. The molecule has 1 N–H and O–H groups in total. The highest BCUT2D eigenvalue weighted by molar-refractivity contribution is 4.90. The van der Waals surface area contributed by atoms with Gasteiger partial charge in [-0.1, -0.05) is 0 Å². The zero-order valence-electron chi connectivity index (χ0n) is 6.18. The molecule has 1 saturated heterocycles. The first-order valence-corrected chi connectivity index (χ1v) is 3.48. The average Bonchev–Trinajstić information content (AvgIpc) is 1.89. The van der Waals surface area contributed by atoms with Crippen molar-refractivity contribution in [1.29, 1.82) is 5.26 Å². The Hall–Kier alpha value is -0.590. The molecular formula is C7H12N2O. The minimum atomic E-state index is -0.243. The second-order valence-electron chi connectivity index (χ2n) is 2.81. The molecule has 0 bridgehead atoms. The molecule has 1 fully saturated rings. The molecule has 1 atom stereocenters. The van der Waals surface area contributed by atoms with Gasteiger partial charge in [-0.2, -0.15) is 5.26 Å². The molecule has 0 aliphatic carbocycles. The highest BCUT2D eigenvalue weighted by atomic mass is 16.5. The predicted molar refractivity (Wildman–Crippen MR) is 37.5 cm³/mol. The molecule has 1 heterocycles. The number of nitrogens with zero attached hydrogens (tertiary/aromatic N) is 1. The van der Waals surface area contributed by atoms with E-state index in [1.165, 1.54) is 0 Å². The molecule has 56 valence electrons. The molecule has 1 aliphatic rings. The number of nitrogens with one attached hydrogen (secondary N) is 1. The largest absolute Gasteiger partial charge is 0.372 e. The topological polar surface area (TPSA) is 45.0 Å². The number of hydrogen-bond donors (Lipinski definition) is 1. The molecule has 3 nitrogen and oxygen atoms in total. The lowest BCUT2D eigenvalue weighted by molar-refractivity contribution is -0.0487. The lowest BCUT2D eigenvalue weighted by Gasteiger charge is -2.32. The Balaban J connectivity index is 2.42. The van der Waals surface area contributed by atoms with Crippen molar-refractivity contribution >= 4 is 0 Å². The molecule has 1 unspecified atom stereocenters. The number of ether oxygens (including phenoxy) is 1. The SMILES string of the molecule is CC1(CC#N)CNCCO1. The van der Waals surface area contributed by atoms with Crippen LogP contribution in [0.2, 0.25) is 0 Å². The Morgan fingerprint density at radius 1 is 1.80 bits per heavy atom. The van der Waals surface area contributed by atoms with E-state index in [4.69, 9.17) is 10.00 Å². The summed E-state index contributed by atoms with van der Waals surface area (Å²) in [6.45, 7) is 4.38. The maximum Gasteiger partial charge on any atom is 0.0908 e. The molecule has 0 spiro atoms. The lowest BCUT2D eigenvalue weighted by atomic mass is 10.0. The fourth-order valence-corrected chi connectivity index (χ4v) is 1.05. The third-order valence-electron chi connectivity index (χ3n) is 1.68. The van der Waals surface area contributed by atoms with Crippen molar-refractivity contribution in [3.63, 3.8) is 0 Å². The Kier molecular flexibility index (Phi) is 2.25. The number of rotatable bonds is 1. The second-order valence-corrected chi connectivity index (χ2v) is 2.81. The first-order chi connectivity index (χ1) is 4.77. The van der Waals surface area contributed by atoms with Crippen LogP contribution >= 0.6 is 0 Å². The van der Waals surface area contributed by atoms with Gasteiger partial charge >= 0.3 is 0 Å². The van der Waals surface area contributed by atoms with Gasteiger partial charge in [0, 0.05) is 13.1 Å². The third-order valence-corrected chi connectivity index (χ3v) is 1.68. The molecule has 0 aromatic carbocycles. The normalized spacial score (nSPS) is 33.2. The van der Waals surface area contributed by atoms with E-state index < -0.39 is 0 Å². The van der Waals surface area contributed by atoms with E-state index in [1.54, 1.807) is 0 Å². The number of hydrogen-bond acceptors (Lipinski definition) is 3. The summed E-state index contributed by atoms with van der Waals surface area (Å²) in [6.07, 6.45) is 0.472. The number of morpholine rings is 1. The zero-order chi connectivity index (χ0) is 7.45. The quantitative estimate of drug-likeness (QED) is 0.569. The lowest BCUT2D eigenvalue weighted by Crippen LogP contribution is -2.47. The Labute approximate surface area is 61.0 Å². The highest BCUT2D eigenvalue weighted by Crippen LogP contribution is 2.15. The van der Waals surface area contributed by atoms with Gasteiger partial charge in [-0.3, -0.25) is 0 Å². The molecule has 0 saturated carbocycles. The van der Waals surface area contributed by atoms with Gasteiger partial charge in [-0.25, -0.2) is 0 Å². The van der Waals surface area contributed by atoms with Crippen LogP contribution in [0.15, 0.2) is 0 Å². The standard InChI is InChI=1S/C7H12N2O/c1-7(2-3-8)6-9-4-5-10-7/h9H,2,4-6H2,1H3. The van der Waals surface area contributed by atoms with E-state index in [2.05, 4.69) is 11.4 Å². The van der Waals surface area contributed by atoms with Crippen LogP contribution in [0.5, 0.6) is 0 Å². The van der Waals surface area contributed by atoms with Gasteiger partial charge in [-0.15, -0.1) is 0 Å². The van der Waals surface area contributed by atoms with Crippen LogP contribution < -0.4 is 5.32 Å². The second kappa shape index (κ2) is 3.00. The van der Waals surface area contributed by atoms with Crippen LogP contribution in [0.1, 0.15) is 13.3 Å².